The van der Waals surface area contributed by atoms with Gasteiger partial charge in [-0.25, -0.2) is 13.6 Å². The van der Waals surface area contributed by atoms with Gasteiger partial charge in [-0.1, -0.05) is 81.4 Å². The zero-order chi connectivity index (χ0) is 30.4. The maximum Gasteiger partial charge on any atom is 0.408 e. The van der Waals surface area contributed by atoms with Crippen molar-refractivity contribution in [2.45, 2.75) is 82.6 Å². The highest BCUT2D eigenvalue weighted by molar-refractivity contribution is 6.31. The number of alkyl carbamates (subject to hydrolysis) is 1. The van der Waals surface area contributed by atoms with E-state index in [1.54, 1.807) is 0 Å². The van der Waals surface area contributed by atoms with Crippen molar-refractivity contribution in [3.63, 3.8) is 0 Å². The Balaban J connectivity index is 2.21. The molecule has 0 saturated carbocycles. The van der Waals surface area contributed by atoms with Gasteiger partial charge in [-0.3, -0.25) is 5.32 Å². The number of nitrogens with one attached hydrogen (secondary N) is 2. The van der Waals surface area contributed by atoms with Crippen LogP contribution in [0.1, 0.15) is 69.9 Å². The van der Waals surface area contributed by atoms with Crippen LogP contribution in [0.4, 0.5) is 13.6 Å². The summed E-state index contributed by atoms with van der Waals surface area (Å²) in [4.78, 5) is 12.9. The molecular weight excluding hydrogens is 575 g/mol. The predicted octanol–water partition coefficient (Wildman–Crippen LogP) is 6.19. The Morgan fingerprint density at radius 1 is 1.22 bits per heavy atom. The van der Waals surface area contributed by atoms with Gasteiger partial charge in [0.1, 0.15) is 17.0 Å². The highest BCUT2D eigenvalue weighted by Gasteiger charge is 2.61. The molecule has 3 rings (SSSR count). The second-order valence-electron chi connectivity index (χ2n) is 10.6. The van der Waals surface area contributed by atoms with Crippen molar-refractivity contribution in [2.75, 3.05) is 13.2 Å². The van der Waals surface area contributed by atoms with Crippen LogP contribution in [0.25, 0.3) is 0 Å². The van der Waals surface area contributed by atoms with Crippen molar-refractivity contribution in [2.24, 2.45) is 5.41 Å². The molecule has 11 heteroatoms. The topological polar surface area (TPSA) is 115 Å². The maximum absolute atomic E-state index is 15.8. The molecule has 2 aromatic carbocycles. The van der Waals surface area contributed by atoms with Crippen molar-refractivity contribution in [1.82, 2.24) is 10.6 Å². The fourth-order valence-electron chi connectivity index (χ4n) is 5.97. The average Bonchev–Trinajstić information content (AvgIpc) is 3.25. The summed E-state index contributed by atoms with van der Waals surface area (Å²) >= 11 is 12.2. The van der Waals surface area contributed by atoms with Gasteiger partial charge in [-0.2, -0.15) is 5.26 Å². The second kappa shape index (κ2) is 14.1. The summed E-state index contributed by atoms with van der Waals surface area (Å²) in [5.41, 5.74) is -1.98. The zero-order valence-electron chi connectivity index (χ0n) is 23.4. The molecular formula is C30H37Cl2F2N3O4. The number of halogens is 4. The first kappa shape index (κ1) is 33.0. The van der Waals surface area contributed by atoms with Crippen molar-refractivity contribution in [3.05, 3.63) is 69.2 Å². The van der Waals surface area contributed by atoms with Crippen LogP contribution < -0.4 is 10.6 Å². The standard InChI is InChI=1S/C30H37Cl2F2N3O4/c1-4-29(5-2,6-3)15-24-30(17-35,21-11-10-18(31)14-23(21)33)25(20-8-7-9-22(32)26(20)34)27(37-24)41-28(40)36-13-12-19(39)16-38/h7-11,14,19,24-25,27,37-39H,4-6,12-13,15-16H2,1-3H3,(H,36,40)/t19-,24-,25-,27+,30-/m0/s1. The van der Waals surface area contributed by atoms with Crippen molar-refractivity contribution in [1.29, 1.82) is 5.26 Å². The summed E-state index contributed by atoms with van der Waals surface area (Å²) in [6.07, 6.45) is -0.362. The van der Waals surface area contributed by atoms with Gasteiger partial charge in [-0.15, -0.1) is 0 Å². The fourth-order valence-corrected chi connectivity index (χ4v) is 6.31. The molecule has 2 aromatic rings. The first-order valence-corrected chi connectivity index (χ1v) is 14.6. The molecule has 1 aliphatic heterocycles. The number of carbonyl (C=O) groups excluding carboxylic acids is 1. The van der Waals surface area contributed by atoms with E-state index in [9.17, 15) is 15.2 Å². The van der Waals surface area contributed by atoms with Crippen molar-refractivity contribution >= 4 is 29.3 Å². The van der Waals surface area contributed by atoms with E-state index in [1.807, 2.05) is 0 Å². The minimum Gasteiger partial charge on any atom is -0.430 e. The Kier molecular flexibility index (Phi) is 11.4. The Morgan fingerprint density at radius 3 is 2.49 bits per heavy atom. The van der Waals surface area contributed by atoms with Gasteiger partial charge in [-0.05, 0) is 42.0 Å². The number of aliphatic hydroxyl groups is 2. The molecule has 0 unspecified atom stereocenters. The van der Waals surface area contributed by atoms with Gasteiger partial charge in [0.15, 0.2) is 6.23 Å². The fraction of sp³-hybridized carbons (Fsp3) is 0.533. The molecule has 41 heavy (non-hydrogen) atoms. The number of nitriles is 1. The Labute approximate surface area is 249 Å². The van der Waals surface area contributed by atoms with Crippen LogP contribution in [0.15, 0.2) is 36.4 Å². The van der Waals surface area contributed by atoms with Crippen LogP contribution in [0, 0.1) is 28.4 Å². The zero-order valence-corrected chi connectivity index (χ0v) is 24.9. The van der Waals surface area contributed by atoms with E-state index in [0.717, 1.165) is 25.3 Å². The first-order valence-electron chi connectivity index (χ1n) is 13.8. The summed E-state index contributed by atoms with van der Waals surface area (Å²) in [5, 5.41) is 35.3. The number of hydrogen-bond acceptors (Lipinski definition) is 6. The molecule has 224 valence electrons. The van der Waals surface area contributed by atoms with E-state index in [-0.39, 0.29) is 39.6 Å². The Morgan fingerprint density at radius 2 is 1.90 bits per heavy atom. The third kappa shape index (κ3) is 6.79. The number of rotatable bonds is 12. The molecule has 0 aromatic heterocycles. The number of aliphatic hydroxyl groups excluding tert-OH is 2. The summed E-state index contributed by atoms with van der Waals surface area (Å²) in [7, 11) is 0. The van der Waals surface area contributed by atoms with Crippen molar-refractivity contribution < 1.29 is 28.5 Å². The van der Waals surface area contributed by atoms with E-state index in [0.29, 0.717) is 6.42 Å². The van der Waals surface area contributed by atoms with Gasteiger partial charge >= 0.3 is 6.09 Å². The van der Waals surface area contributed by atoms with Gasteiger partial charge in [0.2, 0.25) is 0 Å². The third-order valence-electron chi connectivity index (χ3n) is 8.67. The minimum absolute atomic E-state index is 0.000982. The largest absolute Gasteiger partial charge is 0.430 e. The quantitative estimate of drug-likeness (QED) is 0.227. The molecule has 0 spiro atoms. The smallest absolute Gasteiger partial charge is 0.408 e. The molecule has 5 atom stereocenters. The van der Waals surface area contributed by atoms with Crippen LogP contribution in [0.3, 0.4) is 0 Å². The lowest BCUT2D eigenvalue weighted by molar-refractivity contribution is 0.0678. The summed E-state index contributed by atoms with van der Waals surface area (Å²) in [6.45, 7) is 5.68. The number of amides is 1. The predicted molar refractivity (Wildman–Crippen MR) is 154 cm³/mol. The molecule has 4 N–H and O–H groups in total. The SMILES string of the molecule is CCC(CC)(CC)C[C@@H]1N[C@H](OC(=O)NCC[C@H](O)CO)[C@H](c2cccc(Cl)c2F)[C@@]1(C#N)c1ccc(Cl)cc1F. The van der Waals surface area contributed by atoms with E-state index in [1.165, 1.54) is 30.3 Å². The summed E-state index contributed by atoms with van der Waals surface area (Å²) < 4.78 is 37.3. The lowest BCUT2D eigenvalue weighted by atomic mass is 9.62. The van der Waals surface area contributed by atoms with Crippen molar-refractivity contribution in [3.8, 4) is 6.07 Å². The van der Waals surface area contributed by atoms with Gasteiger partial charge in [0.05, 0.1) is 29.7 Å². The maximum atomic E-state index is 15.8. The molecule has 1 heterocycles. The molecule has 7 nitrogen and oxygen atoms in total. The number of nitrogens with zero attached hydrogens (tertiary/aromatic N) is 1. The average molecular weight is 613 g/mol. The normalized spacial score (nSPS) is 23.2. The van der Waals surface area contributed by atoms with E-state index in [4.69, 9.17) is 33.0 Å². The summed E-state index contributed by atoms with van der Waals surface area (Å²) in [5.74, 6) is -2.75. The minimum atomic E-state index is -1.73. The van der Waals surface area contributed by atoms with E-state index >= 15 is 8.78 Å². The second-order valence-corrected chi connectivity index (χ2v) is 11.4. The molecule has 1 amide bonds. The lowest BCUT2D eigenvalue weighted by Gasteiger charge is -2.40. The number of benzene rings is 2. The highest BCUT2D eigenvalue weighted by atomic mass is 35.5. The van der Waals surface area contributed by atoms with Crippen LogP contribution in [0.2, 0.25) is 10.0 Å². The monoisotopic (exact) mass is 611 g/mol. The van der Waals surface area contributed by atoms with E-state index < -0.39 is 54.0 Å². The number of carbonyl (C=O) groups is 1. The van der Waals surface area contributed by atoms with Crippen LogP contribution >= 0.6 is 23.2 Å². The van der Waals surface area contributed by atoms with Gasteiger partial charge < -0.3 is 20.3 Å². The lowest BCUT2D eigenvalue weighted by Crippen LogP contribution is -2.46. The molecule has 1 fully saturated rings. The molecule has 0 radical (unpaired) electrons. The Bertz CT molecular complexity index is 1250. The Hall–Kier alpha value is -2.48. The van der Waals surface area contributed by atoms with Crippen LogP contribution in [0.5, 0.6) is 0 Å². The molecule has 1 saturated heterocycles. The third-order valence-corrected chi connectivity index (χ3v) is 9.19. The molecule has 1 aliphatic rings. The number of ether oxygens (including phenoxy) is 1. The summed E-state index contributed by atoms with van der Waals surface area (Å²) in [6, 6.07) is 9.92. The number of hydrogen-bond donors (Lipinski definition) is 4. The van der Waals surface area contributed by atoms with E-state index in [2.05, 4.69) is 37.5 Å². The van der Waals surface area contributed by atoms with Crippen LogP contribution in [-0.2, 0) is 10.2 Å². The van der Waals surface area contributed by atoms with Crippen LogP contribution in [-0.4, -0.2) is 47.8 Å². The first-order chi connectivity index (χ1) is 19.5. The molecule has 0 aliphatic carbocycles. The molecule has 0 bridgehead atoms. The van der Waals surface area contributed by atoms with Gasteiger partial charge in [0, 0.05) is 23.2 Å². The highest BCUT2D eigenvalue weighted by Crippen LogP contribution is 2.54. The van der Waals surface area contributed by atoms with Gasteiger partial charge in [0.25, 0.3) is 0 Å².